The van der Waals surface area contributed by atoms with E-state index < -0.39 is 0 Å². The third-order valence-electron chi connectivity index (χ3n) is 4.10. The molecular formula is C19H21N3. The van der Waals surface area contributed by atoms with Crippen LogP contribution in [0.3, 0.4) is 0 Å². The van der Waals surface area contributed by atoms with Crippen molar-refractivity contribution >= 4 is 0 Å². The van der Waals surface area contributed by atoms with Crippen molar-refractivity contribution in [3.8, 4) is 12.3 Å². The van der Waals surface area contributed by atoms with E-state index in [-0.39, 0.29) is 0 Å². The van der Waals surface area contributed by atoms with E-state index in [4.69, 9.17) is 11.4 Å². The Hall–Kier alpha value is -2.18. The van der Waals surface area contributed by atoms with Crippen molar-refractivity contribution in [1.82, 2.24) is 14.9 Å². The Kier molecular flexibility index (Phi) is 4.50. The van der Waals surface area contributed by atoms with Gasteiger partial charge < -0.3 is 0 Å². The van der Waals surface area contributed by atoms with E-state index >= 15 is 0 Å². The van der Waals surface area contributed by atoms with Crippen LogP contribution in [-0.2, 0) is 25.9 Å². The molecule has 0 aliphatic carbocycles. The number of rotatable bonds is 4. The van der Waals surface area contributed by atoms with Gasteiger partial charge in [0, 0.05) is 55.5 Å². The van der Waals surface area contributed by atoms with Crippen LogP contribution in [0.5, 0.6) is 0 Å². The Morgan fingerprint density at radius 1 is 1.32 bits per heavy atom. The molecule has 0 atom stereocenters. The van der Waals surface area contributed by atoms with E-state index in [1.807, 2.05) is 24.4 Å². The van der Waals surface area contributed by atoms with Gasteiger partial charge in [-0.15, -0.1) is 6.42 Å². The number of hydrogen-bond acceptors (Lipinski definition) is 3. The predicted octanol–water partition coefficient (Wildman–Crippen LogP) is 2.97. The minimum atomic E-state index is 0.885. The smallest absolute Gasteiger partial charge is 0.128 e. The van der Waals surface area contributed by atoms with Gasteiger partial charge in [0.25, 0.3) is 0 Å². The molecule has 2 heterocycles. The molecule has 3 rings (SSSR count). The lowest BCUT2D eigenvalue weighted by atomic mass is 10.0. The van der Waals surface area contributed by atoms with E-state index in [1.165, 1.54) is 16.8 Å². The van der Waals surface area contributed by atoms with Crippen molar-refractivity contribution in [2.75, 3.05) is 6.54 Å². The summed E-state index contributed by atoms with van der Waals surface area (Å²) in [6.07, 6.45) is 10.6. The first-order valence-electron chi connectivity index (χ1n) is 7.90. The van der Waals surface area contributed by atoms with Gasteiger partial charge in [0.1, 0.15) is 5.82 Å². The van der Waals surface area contributed by atoms with Gasteiger partial charge in [0.2, 0.25) is 0 Å². The zero-order valence-electron chi connectivity index (χ0n) is 13.0. The van der Waals surface area contributed by atoms with Gasteiger partial charge in [-0.05, 0) is 18.1 Å². The molecule has 1 aliphatic rings. The molecule has 0 saturated heterocycles. The van der Waals surface area contributed by atoms with Gasteiger partial charge in [0.15, 0.2) is 0 Å². The molecule has 0 amide bonds. The highest BCUT2D eigenvalue weighted by Crippen LogP contribution is 2.20. The molecule has 1 aromatic heterocycles. The zero-order valence-corrected chi connectivity index (χ0v) is 13.0. The summed E-state index contributed by atoms with van der Waals surface area (Å²) in [6.45, 7) is 4.97. The Bertz CT molecular complexity index is 700. The molecule has 22 heavy (non-hydrogen) atoms. The normalized spacial score (nSPS) is 14.4. The molecule has 0 radical (unpaired) electrons. The third kappa shape index (κ3) is 3.18. The van der Waals surface area contributed by atoms with Gasteiger partial charge in [-0.1, -0.05) is 31.0 Å². The summed E-state index contributed by atoms with van der Waals surface area (Å²) in [5.74, 6) is 3.75. The Morgan fingerprint density at radius 2 is 2.18 bits per heavy atom. The van der Waals surface area contributed by atoms with E-state index in [2.05, 4.69) is 28.8 Å². The summed E-state index contributed by atoms with van der Waals surface area (Å²) in [7, 11) is 0. The second kappa shape index (κ2) is 6.72. The largest absolute Gasteiger partial charge is 0.294 e. The standard InChI is InChI=1S/C19H21N3/c1-3-7-19-20-12-17-14-22(11-10-18(17)21-19)13-16-9-6-5-8-15(16)4-2/h2,5-6,8-9,12H,3,7,10-11,13-14H2,1H3. The number of aromatic nitrogens is 2. The summed E-state index contributed by atoms with van der Waals surface area (Å²) in [5, 5.41) is 0. The van der Waals surface area contributed by atoms with Gasteiger partial charge >= 0.3 is 0 Å². The average Bonchev–Trinajstić information content (AvgIpc) is 2.56. The van der Waals surface area contributed by atoms with E-state index in [0.29, 0.717) is 0 Å². The van der Waals surface area contributed by atoms with Gasteiger partial charge in [0.05, 0.1) is 0 Å². The first kappa shape index (κ1) is 14.7. The number of benzene rings is 1. The molecule has 1 aliphatic heterocycles. The molecule has 0 bridgehead atoms. The topological polar surface area (TPSA) is 29.0 Å². The predicted molar refractivity (Wildman–Crippen MR) is 88.2 cm³/mol. The van der Waals surface area contributed by atoms with Crippen molar-refractivity contribution < 1.29 is 0 Å². The van der Waals surface area contributed by atoms with Crippen LogP contribution in [0.4, 0.5) is 0 Å². The summed E-state index contributed by atoms with van der Waals surface area (Å²) in [5.41, 5.74) is 4.68. The second-order valence-corrected chi connectivity index (χ2v) is 5.77. The molecule has 0 unspecified atom stereocenters. The molecule has 3 heteroatoms. The summed E-state index contributed by atoms with van der Waals surface area (Å²) in [6, 6.07) is 8.17. The number of fused-ring (bicyclic) bond motifs is 1. The Labute approximate surface area is 132 Å². The highest BCUT2D eigenvalue weighted by molar-refractivity contribution is 5.39. The minimum Gasteiger partial charge on any atom is -0.294 e. The van der Waals surface area contributed by atoms with Crippen molar-refractivity contribution in [2.45, 2.75) is 39.3 Å². The monoisotopic (exact) mass is 291 g/mol. The molecular weight excluding hydrogens is 270 g/mol. The van der Waals surface area contributed by atoms with Gasteiger partial charge in [-0.25, -0.2) is 9.97 Å². The molecule has 0 N–H and O–H groups in total. The van der Waals surface area contributed by atoms with E-state index in [1.54, 1.807) is 0 Å². The van der Waals surface area contributed by atoms with Crippen LogP contribution in [0.2, 0.25) is 0 Å². The number of nitrogens with zero attached hydrogens (tertiary/aromatic N) is 3. The molecule has 1 aromatic carbocycles. The Balaban J connectivity index is 1.73. The fourth-order valence-corrected chi connectivity index (χ4v) is 2.93. The zero-order chi connectivity index (χ0) is 15.4. The van der Waals surface area contributed by atoms with E-state index in [9.17, 15) is 0 Å². The van der Waals surface area contributed by atoms with Crippen LogP contribution >= 0.6 is 0 Å². The summed E-state index contributed by atoms with van der Waals surface area (Å²) < 4.78 is 0. The summed E-state index contributed by atoms with van der Waals surface area (Å²) >= 11 is 0. The van der Waals surface area contributed by atoms with Crippen LogP contribution < -0.4 is 0 Å². The molecule has 0 fully saturated rings. The molecule has 0 saturated carbocycles. The lowest BCUT2D eigenvalue weighted by Crippen LogP contribution is -2.31. The van der Waals surface area contributed by atoms with Crippen LogP contribution in [0, 0.1) is 12.3 Å². The number of hydrogen-bond donors (Lipinski definition) is 0. The van der Waals surface area contributed by atoms with Crippen LogP contribution in [0.25, 0.3) is 0 Å². The fourth-order valence-electron chi connectivity index (χ4n) is 2.93. The Morgan fingerprint density at radius 3 is 3.00 bits per heavy atom. The SMILES string of the molecule is C#Cc1ccccc1CN1CCc2nc(CCC)ncc2C1. The van der Waals surface area contributed by atoms with E-state index in [0.717, 1.165) is 50.3 Å². The van der Waals surface area contributed by atoms with Gasteiger partial charge in [-0.3, -0.25) is 4.90 Å². The highest BCUT2D eigenvalue weighted by Gasteiger charge is 2.19. The molecule has 0 spiro atoms. The lowest BCUT2D eigenvalue weighted by molar-refractivity contribution is 0.242. The maximum Gasteiger partial charge on any atom is 0.128 e. The minimum absolute atomic E-state index is 0.885. The highest BCUT2D eigenvalue weighted by atomic mass is 15.1. The third-order valence-corrected chi connectivity index (χ3v) is 4.10. The summed E-state index contributed by atoms with van der Waals surface area (Å²) in [4.78, 5) is 11.6. The quantitative estimate of drug-likeness (QED) is 0.811. The van der Waals surface area contributed by atoms with Crippen molar-refractivity contribution in [2.24, 2.45) is 0 Å². The maximum absolute atomic E-state index is 5.59. The first-order chi connectivity index (χ1) is 10.8. The average molecular weight is 291 g/mol. The van der Waals surface area contributed by atoms with Gasteiger partial charge in [-0.2, -0.15) is 0 Å². The van der Waals surface area contributed by atoms with Crippen molar-refractivity contribution in [1.29, 1.82) is 0 Å². The lowest BCUT2D eigenvalue weighted by Gasteiger charge is -2.28. The first-order valence-corrected chi connectivity index (χ1v) is 7.90. The van der Waals surface area contributed by atoms with Crippen LogP contribution in [0.1, 0.15) is 41.6 Å². The molecule has 2 aromatic rings. The number of aryl methyl sites for hydroxylation is 1. The van der Waals surface area contributed by atoms with Crippen LogP contribution in [0.15, 0.2) is 30.5 Å². The number of terminal acetylenes is 1. The molecule has 3 nitrogen and oxygen atoms in total. The van der Waals surface area contributed by atoms with Crippen molar-refractivity contribution in [3.63, 3.8) is 0 Å². The van der Waals surface area contributed by atoms with Crippen molar-refractivity contribution in [3.05, 3.63) is 58.7 Å². The second-order valence-electron chi connectivity index (χ2n) is 5.77. The maximum atomic E-state index is 5.59. The fraction of sp³-hybridized carbons (Fsp3) is 0.368. The molecule has 112 valence electrons. The van der Waals surface area contributed by atoms with Crippen LogP contribution in [-0.4, -0.2) is 21.4 Å².